The van der Waals surface area contributed by atoms with Crippen LogP contribution in [0.3, 0.4) is 0 Å². The van der Waals surface area contributed by atoms with Crippen LogP contribution in [-0.4, -0.2) is 58.9 Å². The minimum atomic E-state index is -0.841. The van der Waals surface area contributed by atoms with Crippen LogP contribution in [0, 0.1) is 22.7 Å². The second-order valence-electron chi connectivity index (χ2n) is 12.8. The van der Waals surface area contributed by atoms with Crippen LogP contribution >= 0.6 is 0 Å². The number of fused-ring (bicyclic) bond motifs is 4. The van der Waals surface area contributed by atoms with Crippen LogP contribution in [-0.2, 0) is 23.4 Å². The zero-order valence-corrected chi connectivity index (χ0v) is 24.2. The summed E-state index contributed by atoms with van der Waals surface area (Å²) in [4.78, 5) is 14.1. The molecule has 0 bridgehead atoms. The molecule has 9 nitrogen and oxygen atoms in total. The van der Waals surface area contributed by atoms with Crippen LogP contribution in [0.15, 0.2) is 12.1 Å². The second kappa shape index (κ2) is 10.4. The Morgan fingerprint density at radius 1 is 1.19 bits per heavy atom. The molecule has 7 rings (SSSR count). The summed E-state index contributed by atoms with van der Waals surface area (Å²) in [6.45, 7) is 4.86. The normalized spacial score (nSPS) is 31.8. The number of nitrogens with zero attached hydrogens (tertiary/aromatic N) is 6. The molecule has 42 heavy (non-hydrogen) atoms. The van der Waals surface area contributed by atoms with Crippen molar-refractivity contribution < 1.29 is 13.9 Å². The zero-order chi connectivity index (χ0) is 29.1. The van der Waals surface area contributed by atoms with E-state index >= 15 is 0 Å². The Kier molecular flexibility index (Phi) is 6.75. The molecule has 5 atom stereocenters. The molecule has 0 saturated carbocycles. The molecule has 1 aliphatic carbocycles. The fraction of sp³-hybridized carbons (Fsp3) is 0.625. The van der Waals surface area contributed by atoms with Crippen LogP contribution in [0.25, 0.3) is 0 Å². The Balaban J connectivity index is 1.29. The standard InChI is InChI=1S/C32H38FN7O2/c1-2-20-8-10-32(28-23(20)6-7-26(36)24(28)16-35)14-27-25(18-42-32)29(40-12-3-5-22(40)15-34)38-30(37-27)41-19-31-9-4-11-39(31)17-21(33)13-31/h6-7,20-22H,2-5,8-14,17-19,36H2,1H3/t20?,21?,22-,31-,32-/m0/s1. The summed E-state index contributed by atoms with van der Waals surface area (Å²) in [6.07, 6.45) is 6.39. The SMILES string of the molecule is CCC1CC[C@]2(Cc3nc(OC[C@@]45CCCN4CC(F)C5)nc(N4CCC[C@H]4C#N)c3CO2)c2c1ccc(N)c2C#N. The molecular weight excluding hydrogens is 533 g/mol. The highest BCUT2D eigenvalue weighted by molar-refractivity contribution is 5.64. The molecule has 1 aromatic carbocycles. The van der Waals surface area contributed by atoms with E-state index in [0.29, 0.717) is 49.0 Å². The number of hydrogen-bond donors (Lipinski definition) is 1. The van der Waals surface area contributed by atoms with E-state index in [1.165, 1.54) is 0 Å². The van der Waals surface area contributed by atoms with Crippen LogP contribution in [0.2, 0.25) is 0 Å². The third-order valence-corrected chi connectivity index (χ3v) is 10.6. The molecule has 0 amide bonds. The summed E-state index contributed by atoms with van der Waals surface area (Å²) in [5, 5.41) is 20.1. The topological polar surface area (TPSA) is 124 Å². The first-order chi connectivity index (χ1) is 20.4. The highest BCUT2D eigenvalue weighted by atomic mass is 19.1. The number of hydrogen-bond acceptors (Lipinski definition) is 9. The number of benzene rings is 1. The largest absolute Gasteiger partial charge is 0.461 e. The molecule has 3 saturated heterocycles. The van der Waals surface area contributed by atoms with E-state index in [2.05, 4.69) is 34.9 Å². The molecule has 1 aromatic heterocycles. The van der Waals surface area contributed by atoms with Crippen molar-refractivity contribution >= 4 is 11.5 Å². The van der Waals surface area contributed by atoms with Crippen LogP contribution in [0.5, 0.6) is 6.01 Å². The van der Waals surface area contributed by atoms with Gasteiger partial charge in [0.05, 0.1) is 29.5 Å². The molecule has 1 spiro atoms. The highest BCUT2D eigenvalue weighted by Crippen LogP contribution is 2.52. The summed E-state index contributed by atoms with van der Waals surface area (Å²) in [6, 6.07) is 8.71. The van der Waals surface area contributed by atoms with E-state index in [0.717, 1.165) is 80.4 Å². The Hall–Kier alpha value is -3.47. The average Bonchev–Trinajstić information content (AvgIpc) is 3.70. The molecule has 2 unspecified atom stereocenters. The first-order valence-electron chi connectivity index (χ1n) is 15.4. The zero-order valence-electron chi connectivity index (χ0n) is 24.2. The van der Waals surface area contributed by atoms with Crippen molar-refractivity contribution in [3.63, 3.8) is 0 Å². The van der Waals surface area contributed by atoms with Gasteiger partial charge in [0.15, 0.2) is 0 Å². The predicted octanol–water partition coefficient (Wildman–Crippen LogP) is 4.63. The van der Waals surface area contributed by atoms with E-state index < -0.39 is 11.8 Å². The monoisotopic (exact) mass is 571 g/mol. The van der Waals surface area contributed by atoms with E-state index in [1.807, 2.05) is 6.07 Å². The van der Waals surface area contributed by atoms with Gasteiger partial charge in [0, 0.05) is 42.7 Å². The van der Waals surface area contributed by atoms with Crippen molar-refractivity contribution in [3.8, 4) is 18.1 Å². The number of nitriles is 2. The fourth-order valence-electron chi connectivity index (χ4n) is 8.44. The van der Waals surface area contributed by atoms with Crippen LogP contribution in [0.4, 0.5) is 15.9 Å². The van der Waals surface area contributed by atoms with Crippen molar-refractivity contribution in [2.45, 2.75) is 101 Å². The van der Waals surface area contributed by atoms with E-state index in [1.54, 1.807) is 0 Å². The third-order valence-electron chi connectivity index (χ3n) is 10.6. The number of anilines is 2. The molecular formula is C32H38FN7O2. The third kappa shape index (κ3) is 4.22. The molecule has 220 valence electrons. The number of aromatic nitrogens is 2. The number of rotatable bonds is 5. The number of nitrogens with two attached hydrogens (primary N) is 1. The summed E-state index contributed by atoms with van der Waals surface area (Å²) in [5.74, 6) is 1.03. The Bertz CT molecular complexity index is 1490. The second-order valence-corrected chi connectivity index (χ2v) is 12.8. The lowest BCUT2D eigenvalue weighted by molar-refractivity contribution is -0.0878. The maximum absolute atomic E-state index is 14.4. The maximum Gasteiger partial charge on any atom is 0.318 e. The van der Waals surface area contributed by atoms with Gasteiger partial charge in [-0.25, -0.2) is 4.39 Å². The van der Waals surface area contributed by atoms with E-state index in [-0.39, 0.29) is 24.2 Å². The quantitative estimate of drug-likeness (QED) is 0.511. The van der Waals surface area contributed by atoms with Crippen LogP contribution in [0.1, 0.15) is 92.2 Å². The number of ether oxygens (including phenoxy) is 2. The van der Waals surface area contributed by atoms with E-state index in [4.69, 9.17) is 25.2 Å². The molecule has 5 heterocycles. The van der Waals surface area contributed by atoms with Gasteiger partial charge in [0.1, 0.15) is 36.3 Å². The summed E-state index contributed by atoms with van der Waals surface area (Å²) in [7, 11) is 0. The van der Waals surface area contributed by atoms with Gasteiger partial charge in [-0.15, -0.1) is 0 Å². The van der Waals surface area contributed by atoms with Crippen molar-refractivity contribution in [3.05, 3.63) is 40.1 Å². The first-order valence-corrected chi connectivity index (χ1v) is 15.4. The average molecular weight is 572 g/mol. The minimum absolute atomic E-state index is 0.267. The van der Waals surface area contributed by atoms with Crippen LogP contribution < -0.4 is 15.4 Å². The first kappa shape index (κ1) is 27.4. The molecule has 10 heteroatoms. The van der Waals surface area contributed by atoms with Crippen molar-refractivity contribution in [2.75, 3.05) is 36.9 Å². The number of halogens is 1. The summed E-state index contributed by atoms with van der Waals surface area (Å²) < 4.78 is 27.6. The Labute approximate surface area is 246 Å². The smallest absolute Gasteiger partial charge is 0.318 e. The van der Waals surface area contributed by atoms with Gasteiger partial charge in [0.2, 0.25) is 0 Å². The van der Waals surface area contributed by atoms with E-state index in [9.17, 15) is 14.9 Å². The molecule has 3 fully saturated rings. The van der Waals surface area contributed by atoms with Crippen molar-refractivity contribution in [1.82, 2.24) is 14.9 Å². The molecule has 5 aliphatic rings. The number of alkyl halides is 1. The lowest BCUT2D eigenvalue weighted by Crippen LogP contribution is -2.44. The van der Waals surface area contributed by atoms with Gasteiger partial charge in [-0.05, 0) is 69.0 Å². The van der Waals surface area contributed by atoms with Gasteiger partial charge in [0.25, 0.3) is 0 Å². The van der Waals surface area contributed by atoms with Crippen molar-refractivity contribution in [2.24, 2.45) is 0 Å². The molecule has 2 aromatic rings. The minimum Gasteiger partial charge on any atom is -0.461 e. The van der Waals surface area contributed by atoms with Gasteiger partial charge < -0.3 is 20.1 Å². The molecule has 2 N–H and O–H groups in total. The predicted molar refractivity (Wildman–Crippen MR) is 155 cm³/mol. The summed E-state index contributed by atoms with van der Waals surface area (Å²) in [5.41, 5.74) is 9.99. The molecule has 4 aliphatic heterocycles. The number of nitrogen functional groups attached to an aromatic ring is 1. The lowest BCUT2D eigenvalue weighted by Gasteiger charge is -2.45. The van der Waals surface area contributed by atoms with Gasteiger partial charge in [-0.2, -0.15) is 20.5 Å². The Morgan fingerprint density at radius 2 is 2.07 bits per heavy atom. The van der Waals surface area contributed by atoms with Gasteiger partial charge in [-0.1, -0.05) is 13.0 Å². The highest BCUT2D eigenvalue weighted by Gasteiger charge is 2.50. The lowest BCUT2D eigenvalue weighted by atomic mass is 9.68. The van der Waals surface area contributed by atoms with Gasteiger partial charge >= 0.3 is 6.01 Å². The Morgan fingerprint density at radius 3 is 2.88 bits per heavy atom. The van der Waals surface area contributed by atoms with Gasteiger partial charge in [-0.3, -0.25) is 4.90 Å². The van der Waals surface area contributed by atoms with Crippen molar-refractivity contribution in [1.29, 1.82) is 10.5 Å². The molecule has 0 radical (unpaired) electrons. The maximum atomic E-state index is 14.4. The summed E-state index contributed by atoms with van der Waals surface area (Å²) >= 11 is 0. The fourth-order valence-corrected chi connectivity index (χ4v) is 8.44.